The average Bonchev–Trinajstić information content (AvgIpc) is 2.49. The van der Waals surface area contributed by atoms with E-state index in [2.05, 4.69) is 22.3 Å². The second-order valence-electron chi connectivity index (χ2n) is 4.92. The van der Waals surface area contributed by atoms with Crippen LogP contribution in [0.2, 0.25) is 0 Å². The van der Waals surface area contributed by atoms with Gasteiger partial charge in [-0.1, -0.05) is 12.1 Å². The molecular formula is C16H24N2O2. The van der Waals surface area contributed by atoms with E-state index < -0.39 is 0 Å². The predicted octanol–water partition coefficient (Wildman–Crippen LogP) is 1.59. The van der Waals surface area contributed by atoms with Gasteiger partial charge in [0, 0.05) is 26.2 Å². The minimum Gasteiger partial charge on any atom is -0.492 e. The first-order valence-electron chi connectivity index (χ1n) is 7.31. The van der Waals surface area contributed by atoms with Crippen LogP contribution in [0, 0.1) is 6.92 Å². The number of rotatable bonds is 8. The van der Waals surface area contributed by atoms with Crippen LogP contribution in [0.5, 0.6) is 5.75 Å². The summed E-state index contributed by atoms with van der Waals surface area (Å²) in [4.78, 5) is 2.37. The van der Waals surface area contributed by atoms with Gasteiger partial charge in [0.2, 0.25) is 0 Å². The van der Waals surface area contributed by atoms with Crippen molar-refractivity contribution in [2.75, 3.05) is 46.0 Å². The molecule has 1 fully saturated rings. The lowest BCUT2D eigenvalue weighted by Gasteiger charge is -2.26. The van der Waals surface area contributed by atoms with Gasteiger partial charge in [-0.05, 0) is 37.6 Å². The highest BCUT2D eigenvalue weighted by molar-refractivity contribution is 5.28. The van der Waals surface area contributed by atoms with Crippen LogP contribution in [-0.2, 0) is 11.3 Å². The first kappa shape index (κ1) is 15.3. The fourth-order valence-corrected chi connectivity index (χ4v) is 2.20. The van der Waals surface area contributed by atoms with Gasteiger partial charge in [0.1, 0.15) is 12.4 Å². The first-order chi connectivity index (χ1) is 9.88. The van der Waals surface area contributed by atoms with E-state index in [0.717, 1.165) is 58.3 Å². The standard InChI is InChI=1S/C16H24N2O2/c1-2-6-17-14-15-4-3-5-16(13-15)20-12-9-18-7-10-19-11-8-18/h1,3-5,13,17H,2,6-12,14H2. The Morgan fingerprint density at radius 3 is 2.95 bits per heavy atom. The number of benzene rings is 1. The minimum absolute atomic E-state index is 0.662. The normalized spacial score (nSPS) is 16.2. The molecule has 1 aromatic carbocycles. The Balaban J connectivity index is 1.70. The average molecular weight is 276 g/mol. The Morgan fingerprint density at radius 1 is 1.30 bits per heavy atom. The Morgan fingerprint density at radius 2 is 2.15 bits per heavy atom. The highest BCUT2D eigenvalue weighted by atomic mass is 16.5. The second kappa shape index (κ2) is 8.95. The van der Waals surface area contributed by atoms with Gasteiger partial charge in [-0.2, -0.15) is 0 Å². The van der Waals surface area contributed by atoms with Crippen LogP contribution < -0.4 is 10.1 Å². The van der Waals surface area contributed by atoms with Crippen molar-refractivity contribution < 1.29 is 9.47 Å². The number of hydrogen-bond acceptors (Lipinski definition) is 4. The smallest absolute Gasteiger partial charge is 0.119 e. The SMILES string of the molecule is [CH]CCNCc1cccc(OCCN2CCOCC2)c1. The molecule has 4 heteroatoms. The van der Waals surface area contributed by atoms with E-state index in [-0.39, 0.29) is 0 Å². The molecule has 20 heavy (non-hydrogen) atoms. The third-order valence-corrected chi connectivity index (χ3v) is 3.33. The molecule has 2 radical (unpaired) electrons. The van der Waals surface area contributed by atoms with Crippen LogP contribution in [-0.4, -0.2) is 50.9 Å². The van der Waals surface area contributed by atoms with Gasteiger partial charge in [-0.15, -0.1) is 0 Å². The van der Waals surface area contributed by atoms with E-state index in [0.29, 0.717) is 6.42 Å². The van der Waals surface area contributed by atoms with Crippen molar-refractivity contribution in [2.24, 2.45) is 0 Å². The van der Waals surface area contributed by atoms with Gasteiger partial charge in [-0.3, -0.25) is 4.90 Å². The lowest BCUT2D eigenvalue weighted by molar-refractivity contribution is 0.0322. The van der Waals surface area contributed by atoms with Crippen molar-refractivity contribution >= 4 is 0 Å². The molecule has 0 spiro atoms. The summed E-state index contributed by atoms with van der Waals surface area (Å²) in [5.41, 5.74) is 1.22. The Bertz CT molecular complexity index is 378. The van der Waals surface area contributed by atoms with Gasteiger partial charge in [0.05, 0.1) is 13.2 Å². The summed E-state index contributed by atoms with van der Waals surface area (Å²) in [6, 6.07) is 8.22. The molecular weight excluding hydrogens is 252 g/mol. The number of ether oxygens (including phenoxy) is 2. The van der Waals surface area contributed by atoms with Crippen LogP contribution in [0.15, 0.2) is 24.3 Å². The van der Waals surface area contributed by atoms with Crippen LogP contribution in [0.1, 0.15) is 12.0 Å². The van der Waals surface area contributed by atoms with E-state index in [1.165, 1.54) is 5.56 Å². The molecule has 0 amide bonds. The zero-order valence-electron chi connectivity index (χ0n) is 12.0. The van der Waals surface area contributed by atoms with Crippen LogP contribution >= 0.6 is 0 Å². The minimum atomic E-state index is 0.662. The summed E-state index contributed by atoms with van der Waals surface area (Å²) in [5, 5.41) is 3.28. The molecule has 2 rings (SSSR count). The maximum atomic E-state index is 5.82. The molecule has 0 aliphatic carbocycles. The van der Waals surface area contributed by atoms with Crippen LogP contribution in [0.3, 0.4) is 0 Å². The number of morpholine rings is 1. The quantitative estimate of drug-likeness (QED) is 0.731. The fourth-order valence-electron chi connectivity index (χ4n) is 2.20. The summed E-state index contributed by atoms with van der Waals surface area (Å²) >= 11 is 0. The van der Waals surface area contributed by atoms with Gasteiger partial charge >= 0.3 is 0 Å². The van der Waals surface area contributed by atoms with Crippen molar-refractivity contribution in [1.82, 2.24) is 10.2 Å². The van der Waals surface area contributed by atoms with E-state index >= 15 is 0 Å². The molecule has 0 atom stereocenters. The zero-order chi connectivity index (χ0) is 14.0. The number of hydrogen-bond donors (Lipinski definition) is 1. The molecule has 1 heterocycles. The molecule has 0 unspecified atom stereocenters. The maximum Gasteiger partial charge on any atom is 0.119 e. The second-order valence-corrected chi connectivity index (χ2v) is 4.92. The monoisotopic (exact) mass is 276 g/mol. The summed E-state index contributed by atoms with van der Waals surface area (Å²) in [6.45, 7) is 12.5. The van der Waals surface area contributed by atoms with E-state index in [9.17, 15) is 0 Å². The summed E-state index contributed by atoms with van der Waals surface area (Å²) in [6.07, 6.45) is 0.662. The maximum absolute atomic E-state index is 5.82. The van der Waals surface area contributed by atoms with Crippen molar-refractivity contribution in [3.63, 3.8) is 0 Å². The molecule has 1 saturated heterocycles. The van der Waals surface area contributed by atoms with Crippen molar-refractivity contribution in [3.05, 3.63) is 36.8 Å². The fraction of sp³-hybridized carbons (Fsp3) is 0.562. The Kier molecular flexibility index (Phi) is 6.84. The van der Waals surface area contributed by atoms with E-state index in [4.69, 9.17) is 16.4 Å². The predicted molar refractivity (Wildman–Crippen MR) is 79.8 cm³/mol. The molecule has 1 aliphatic heterocycles. The molecule has 0 aromatic heterocycles. The number of nitrogens with one attached hydrogen (secondary N) is 1. The van der Waals surface area contributed by atoms with Crippen molar-refractivity contribution in [2.45, 2.75) is 13.0 Å². The molecule has 1 aliphatic rings. The van der Waals surface area contributed by atoms with Gasteiger partial charge < -0.3 is 14.8 Å². The molecule has 1 N–H and O–H groups in total. The summed E-state index contributed by atoms with van der Waals surface area (Å²) in [7, 11) is 0. The van der Waals surface area contributed by atoms with Crippen LogP contribution in [0.4, 0.5) is 0 Å². The van der Waals surface area contributed by atoms with E-state index in [1.807, 2.05) is 12.1 Å². The topological polar surface area (TPSA) is 33.7 Å². The van der Waals surface area contributed by atoms with Crippen LogP contribution in [0.25, 0.3) is 0 Å². The lowest BCUT2D eigenvalue weighted by Crippen LogP contribution is -2.38. The third-order valence-electron chi connectivity index (χ3n) is 3.33. The summed E-state index contributed by atoms with van der Waals surface area (Å²) < 4.78 is 11.1. The Hall–Kier alpha value is -1.10. The van der Waals surface area contributed by atoms with E-state index in [1.54, 1.807) is 0 Å². The molecule has 1 aromatic rings. The highest BCUT2D eigenvalue weighted by Gasteiger charge is 2.09. The van der Waals surface area contributed by atoms with Crippen molar-refractivity contribution in [1.29, 1.82) is 0 Å². The number of nitrogens with zero attached hydrogens (tertiary/aromatic N) is 1. The molecule has 0 saturated carbocycles. The van der Waals surface area contributed by atoms with Gasteiger partial charge in [0.25, 0.3) is 0 Å². The highest BCUT2D eigenvalue weighted by Crippen LogP contribution is 2.13. The summed E-state index contributed by atoms with van der Waals surface area (Å²) in [5.74, 6) is 0.935. The molecule has 4 nitrogen and oxygen atoms in total. The lowest BCUT2D eigenvalue weighted by atomic mass is 10.2. The van der Waals surface area contributed by atoms with Gasteiger partial charge in [-0.25, -0.2) is 0 Å². The van der Waals surface area contributed by atoms with Gasteiger partial charge in [0.15, 0.2) is 0 Å². The zero-order valence-corrected chi connectivity index (χ0v) is 12.0. The molecule has 0 bridgehead atoms. The molecule has 110 valence electrons. The largest absolute Gasteiger partial charge is 0.492 e. The van der Waals surface area contributed by atoms with Crippen molar-refractivity contribution in [3.8, 4) is 5.75 Å². The Labute approximate surface area is 122 Å². The third kappa shape index (κ3) is 5.49. The first-order valence-corrected chi connectivity index (χ1v) is 7.31.